The van der Waals surface area contributed by atoms with Crippen molar-refractivity contribution in [2.75, 3.05) is 13.2 Å². The van der Waals surface area contributed by atoms with Gasteiger partial charge in [-0.3, -0.25) is 4.79 Å². The fraction of sp³-hybridized carbons (Fsp3) is 0.464. The molecule has 2 fully saturated rings. The molecule has 0 aliphatic carbocycles. The van der Waals surface area contributed by atoms with E-state index in [4.69, 9.17) is 23.4 Å². The van der Waals surface area contributed by atoms with Crippen molar-refractivity contribution in [2.24, 2.45) is 0 Å². The summed E-state index contributed by atoms with van der Waals surface area (Å²) in [7, 11) is 0. The number of benzene rings is 2. The minimum Gasteiger partial charge on any atom is -0.507 e. The standard InChI is InChI=1S/C28H32O17/c1-28(8-30)25(40)20(37)22(39)27(45-28)41-10-5-13(33)16-14(6-10)42-23(9-2-3-11(31)12(32)4-9)24(18(16)35)44-26-21(38)19(36)17(34)15(7-29)43-26/h2-6,15,17,19-22,25-27,29-34,36-40H,7-8H2,1H3. The van der Waals surface area contributed by atoms with Crippen molar-refractivity contribution >= 4 is 11.0 Å². The number of aliphatic hydroxyl groups is 8. The van der Waals surface area contributed by atoms with Gasteiger partial charge in [0.1, 0.15) is 70.8 Å². The van der Waals surface area contributed by atoms with Gasteiger partial charge in [-0.1, -0.05) is 0 Å². The molecule has 5 rings (SSSR count). The Morgan fingerprint density at radius 3 is 2.13 bits per heavy atom. The van der Waals surface area contributed by atoms with Crippen LogP contribution in [0.25, 0.3) is 22.3 Å². The summed E-state index contributed by atoms with van der Waals surface area (Å²) in [6.07, 6.45) is -15.8. The zero-order valence-electron chi connectivity index (χ0n) is 23.4. The van der Waals surface area contributed by atoms with Gasteiger partial charge in [-0.15, -0.1) is 0 Å². The van der Waals surface area contributed by atoms with Crippen LogP contribution in [-0.4, -0.2) is 130 Å². The minimum absolute atomic E-state index is 0.0726. The summed E-state index contributed by atoms with van der Waals surface area (Å²) >= 11 is 0. The maximum Gasteiger partial charge on any atom is 0.239 e. The van der Waals surface area contributed by atoms with E-state index in [1.54, 1.807) is 0 Å². The maximum atomic E-state index is 13.8. The number of aromatic hydroxyl groups is 3. The van der Waals surface area contributed by atoms with Crippen LogP contribution in [0.2, 0.25) is 0 Å². The molecule has 1 aromatic heterocycles. The lowest BCUT2D eigenvalue weighted by Crippen LogP contribution is -2.65. The Hall–Kier alpha value is -3.75. The van der Waals surface area contributed by atoms with E-state index in [-0.39, 0.29) is 16.9 Å². The maximum absolute atomic E-state index is 13.8. The van der Waals surface area contributed by atoms with E-state index in [9.17, 15) is 61.0 Å². The molecule has 0 radical (unpaired) electrons. The zero-order valence-corrected chi connectivity index (χ0v) is 23.4. The quantitative estimate of drug-likeness (QED) is 0.117. The molecular weight excluding hydrogens is 608 g/mol. The van der Waals surface area contributed by atoms with Crippen molar-refractivity contribution in [1.29, 1.82) is 0 Å². The smallest absolute Gasteiger partial charge is 0.239 e. The van der Waals surface area contributed by atoms with Crippen LogP contribution < -0.4 is 14.9 Å². The number of hydrogen-bond donors (Lipinski definition) is 11. The first-order valence-corrected chi connectivity index (χ1v) is 13.5. The van der Waals surface area contributed by atoms with Gasteiger partial charge < -0.3 is 79.5 Å². The van der Waals surface area contributed by atoms with E-state index >= 15 is 0 Å². The van der Waals surface area contributed by atoms with Crippen molar-refractivity contribution in [3.63, 3.8) is 0 Å². The average Bonchev–Trinajstić information content (AvgIpc) is 3.01. The van der Waals surface area contributed by atoms with Crippen LogP contribution in [-0.2, 0) is 9.47 Å². The Labute approximate surface area is 252 Å². The Kier molecular flexibility index (Phi) is 8.86. The molecule has 17 heteroatoms. The third-order valence-electron chi connectivity index (χ3n) is 7.76. The summed E-state index contributed by atoms with van der Waals surface area (Å²) in [5.41, 5.74) is -3.26. The van der Waals surface area contributed by atoms with Gasteiger partial charge in [0.05, 0.1) is 13.2 Å². The first-order valence-electron chi connectivity index (χ1n) is 13.5. The zero-order chi connectivity index (χ0) is 33.0. The summed E-state index contributed by atoms with van der Waals surface area (Å²) < 4.78 is 27.9. The van der Waals surface area contributed by atoms with Crippen LogP contribution in [0.15, 0.2) is 39.5 Å². The van der Waals surface area contributed by atoms with E-state index in [1.807, 2.05) is 0 Å². The molecule has 0 amide bonds. The predicted octanol–water partition coefficient (Wildman–Crippen LogP) is -2.68. The highest BCUT2D eigenvalue weighted by atomic mass is 16.7. The largest absolute Gasteiger partial charge is 0.507 e. The first kappa shape index (κ1) is 32.6. The molecule has 3 aromatic rings. The summed E-state index contributed by atoms with van der Waals surface area (Å²) in [5.74, 6) is -3.37. The SMILES string of the molecule is CC1(CO)OC(Oc2cc(O)c3c(=O)c(OC4OC(CO)C(O)C(O)C4O)c(-c4ccc(O)c(O)c4)oc3c2)C(O)C(O)C1O. The van der Waals surface area contributed by atoms with Gasteiger partial charge in [-0.25, -0.2) is 0 Å². The van der Waals surface area contributed by atoms with Gasteiger partial charge in [0.15, 0.2) is 17.3 Å². The molecule has 0 saturated carbocycles. The second kappa shape index (κ2) is 12.2. The highest BCUT2D eigenvalue weighted by Gasteiger charge is 2.52. The summed E-state index contributed by atoms with van der Waals surface area (Å²) in [4.78, 5) is 13.8. The van der Waals surface area contributed by atoms with E-state index in [0.717, 1.165) is 24.3 Å². The molecule has 11 N–H and O–H groups in total. The number of ether oxygens (including phenoxy) is 4. The molecule has 0 spiro atoms. The third kappa shape index (κ3) is 5.74. The fourth-order valence-electron chi connectivity index (χ4n) is 5.04. The summed E-state index contributed by atoms with van der Waals surface area (Å²) in [6.45, 7) is -0.307. The Balaban J connectivity index is 1.61. The van der Waals surface area contributed by atoms with Crippen molar-refractivity contribution in [3.8, 4) is 40.1 Å². The molecule has 2 aliphatic heterocycles. The Bertz CT molecular complexity index is 1610. The molecule has 10 unspecified atom stereocenters. The monoisotopic (exact) mass is 640 g/mol. The fourth-order valence-corrected chi connectivity index (χ4v) is 5.04. The van der Waals surface area contributed by atoms with Crippen molar-refractivity contribution in [1.82, 2.24) is 0 Å². The van der Waals surface area contributed by atoms with Gasteiger partial charge >= 0.3 is 0 Å². The van der Waals surface area contributed by atoms with Crippen LogP contribution in [0, 0.1) is 0 Å². The topological polar surface area (TPSA) is 290 Å². The van der Waals surface area contributed by atoms with Crippen molar-refractivity contribution in [2.45, 2.75) is 67.8 Å². The lowest BCUT2D eigenvalue weighted by atomic mass is 9.89. The van der Waals surface area contributed by atoms with E-state index in [2.05, 4.69) is 0 Å². The van der Waals surface area contributed by atoms with Crippen LogP contribution in [0.4, 0.5) is 0 Å². The molecule has 17 nitrogen and oxygen atoms in total. The number of phenolic OH excluding ortho intramolecular Hbond substituents is 3. The molecule has 2 aromatic carbocycles. The lowest BCUT2D eigenvalue weighted by molar-refractivity contribution is -0.313. The van der Waals surface area contributed by atoms with Gasteiger partial charge in [-0.05, 0) is 25.1 Å². The van der Waals surface area contributed by atoms with Gasteiger partial charge in [0.2, 0.25) is 23.8 Å². The highest BCUT2D eigenvalue weighted by molar-refractivity contribution is 5.88. The second-order valence-corrected chi connectivity index (χ2v) is 10.9. The Morgan fingerprint density at radius 1 is 0.800 bits per heavy atom. The molecule has 0 bridgehead atoms. The molecule has 246 valence electrons. The van der Waals surface area contributed by atoms with Gasteiger partial charge in [0, 0.05) is 17.7 Å². The van der Waals surface area contributed by atoms with Crippen LogP contribution in [0.1, 0.15) is 6.92 Å². The molecule has 2 saturated heterocycles. The molecule has 10 atom stereocenters. The normalized spacial score (nSPS) is 33.7. The van der Waals surface area contributed by atoms with Crippen LogP contribution >= 0.6 is 0 Å². The number of hydrogen-bond acceptors (Lipinski definition) is 17. The molecule has 3 heterocycles. The summed E-state index contributed by atoms with van der Waals surface area (Å²) in [6, 6.07) is 5.28. The molecular formula is C28H32O17. The van der Waals surface area contributed by atoms with E-state index in [1.165, 1.54) is 13.0 Å². The number of rotatable bonds is 7. The molecule has 45 heavy (non-hydrogen) atoms. The van der Waals surface area contributed by atoms with Crippen molar-refractivity contribution in [3.05, 3.63) is 40.6 Å². The summed E-state index contributed by atoms with van der Waals surface area (Å²) in [5, 5.41) is 111. The highest BCUT2D eigenvalue weighted by Crippen LogP contribution is 2.40. The third-order valence-corrected chi connectivity index (χ3v) is 7.76. The van der Waals surface area contributed by atoms with Crippen molar-refractivity contribution < 1.29 is 79.5 Å². The second-order valence-electron chi connectivity index (χ2n) is 10.9. The van der Waals surface area contributed by atoms with Crippen LogP contribution in [0.5, 0.6) is 28.7 Å². The molecule has 2 aliphatic rings. The van der Waals surface area contributed by atoms with E-state index in [0.29, 0.717) is 0 Å². The van der Waals surface area contributed by atoms with Gasteiger partial charge in [-0.2, -0.15) is 0 Å². The lowest BCUT2D eigenvalue weighted by Gasteiger charge is -2.45. The van der Waals surface area contributed by atoms with E-state index < -0.39 is 114 Å². The van der Waals surface area contributed by atoms with Gasteiger partial charge in [0.25, 0.3) is 0 Å². The first-order chi connectivity index (χ1) is 21.2. The minimum atomic E-state index is -1.94. The number of phenols is 3. The number of fused-ring (bicyclic) bond motifs is 1. The Morgan fingerprint density at radius 2 is 1.49 bits per heavy atom. The number of aliphatic hydroxyl groups excluding tert-OH is 8. The predicted molar refractivity (Wildman–Crippen MR) is 146 cm³/mol. The average molecular weight is 641 g/mol. The van der Waals surface area contributed by atoms with Crippen LogP contribution in [0.3, 0.4) is 0 Å².